The van der Waals surface area contributed by atoms with Crippen LogP contribution in [0.5, 0.6) is 0 Å². The molecule has 0 bridgehead atoms. The zero-order chi connectivity index (χ0) is 19.9. The van der Waals surface area contributed by atoms with Crippen molar-refractivity contribution in [1.82, 2.24) is 10.3 Å². The van der Waals surface area contributed by atoms with Crippen molar-refractivity contribution in [2.45, 2.75) is 26.3 Å². The molecular weight excluding hydrogens is 370 g/mol. The third kappa shape index (κ3) is 5.33. The summed E-state index contributed by atoms with van der Waals surface area (Å²) in [4.78, 5) is 17.0. The first-order chi connectivity index (χ1) is 13.5. The van der Waals surface area contributed by atoms with Gasteiger partial charge in [-0.2, -0.15) is 0 Å². The predicted octanol–water partition coefficient (Wildman–Crippen LogP) is 4.86. The quantitative estimate of drug-likeness (QED) is 0.602. The van der Waals surface area contributed by atoms with Gasteiger partial charge < -0.3 is 10.6 Å². The van der Waals surface area contributed by atoms with Crippen LogP contribution in [-0.4, -0.2) is 17.4 Å². The summed E-state index contributed by atoms with van der Waals surface area (Å²) in [5, 5.41) is 6.95. The van der Waals surface area contributed by atoms with Gasteiger partial charge in [0.25, 0.3) is 0 Å². The van der Waals surface area contributed by atoms with E-state index >= 15 is 0 Å². The van der Waals surface area contributed by atoms with Gasteiger partial charge in [0.15, 0.2) is 0 Å². The van der Waals surface area contributed by atoms with E-state index in [1.807, 2.05) is 68.4 Å². The molecule has 1 amide bonds. The van der Waals surface area contributed by atoms with Crippen LogP contribution in [0, 0.1) is 13.8 Å². The molecule has 0 aliphatic rings. The number of aryl methyl sites for hydroxylation is 2. The molecule has 28 heavy (non-hydrogen) atoms. The minimum absolute atomic E-state index is 0.0868. The highest BCUT2D eigenvalue weighted by molar-refractivity contribution is 6.33. The van der Waals surface area contributed by atoms with Crippen LogP contribution < -0.4 is 10.6 Å². The summed E-state index contributed by atoms with van der Waals surface area (Å²) >= 11 is 6.38. The number of hydrogen-bond acceptors (Lipinski definition) is 3. The maximum absolute atomic E-state index is 13.0. The number of halogens is 1. The summed E-state index contributed by atoms with van der Waals surface area (Å²) in [5.74, 6) is -0.0868. The van der Waals surface area contributed by atoms with Gasteiger partial charge in [-0.1, -0.05) is 47.5 Å². The average Bonchev–Trinajstić information content (AvgIpc) is 2.68. The number of anilines is 1. The number of carbonyl (C=O) groups is 1. The Balaban J connectivity index is 1.76. The topological polar surface area (TPSA) is 54.0 Å². The Morgan fingerprint density at radius 2 is 1.79 bits per heavy atom. The predicted molar refractivity (Wildman–Crippen MR) is 115 cm³/mol. The number of aromatic nitrogens is 1. The monoisotopic (exact) mass is 393 g/mol. The van der Waals surface area contributed by atoms with Gasteiger partial charge in [-0.25, -0.2) is 0 Å². The number of nitrogens with zero attached hydrogens (tertiary/aromatic N) is 1. The maximum Gasteiger partial charge on any atom is 0.247 e. The van der Waals surface area contributed by atoms with Crippen LogP contribution in [0.3, 0.4) is 0 Å². The second-order valence-corrected chi connectivity index (χ2v) is 7.28. The van der Waals surface area contributed by atoms with E-state index in [1.165, 1.54) is 0 Å². The summed E-state index contributed by atoms with van der Waals surface area (Å²) in [6.07, 6.45) is 4.27. The largest absolute Gasteiger partial charge is 0.369 e. The van der Waals surface area contributed by atoms with E-state index in [9.17, 15) is 4.79 Å². The zero-order valence-electron chi connectivity index (χ0n) is 16.1. The first-order valence-corrected chi connectivity index (χ1v) is 9.66. The summed E-state index contributed by atoms with van der Waals surface area (Å²) in [7, 11) is 0. The summed E-state index contributed by atoms with van der Waals surface area (Å²) in [6, 6.07) is 17.1. The number of benzene rings is 2. The number of amides is 1. The zero-order valence-corrected chi connectivity index (χ0v) is 16.8. The molecule has 2 N–H and O–H groups in total. The lowest BCUT2D eigenvalue weighted by Gasteiger charge is -2.21. The van der Waals surface area contributed by atoms with Crippen LogP contribution in [0.4, 0.5) is 5.69 Å². The van der Waals surface area contributed by atoms with Crippen molar-refractivity contribution in [3.8, 4) is 0 Å². The van der Waals surface area contributed by atoms with Crippen LogP contribution in [0.2, 0.25) is 5.02 Å². The van der Waals surface area contributed by atoms with Crippen molar-refractivity contribution < 1.29 is 4.79 Å². The van der Waals surface area contributed by atoms with Crippen LogP contribution >= 0.6 is 11.6 Å². The molecule has 144 valence electrons. The van der Waals surface area contributed by atoms with Gasteiger partial charge in [0.05, 0.1) is 10.7 Å². The van der Waals surface area contributed by atoms with Gasteiger partial charge in [-0.05, 0) is 61.2 Å². The second-order valence-electron chi connectivity index (χ2n) is 6.87. The number of hydrogen-bond donors (Lipinski definition) is 2. The molecule has 0 aliphatic carbocycles. The molecule has 1 atom stereocenters. The standard InChI is InChI=1S/C23H24ClN3O/c1-16-4-3-5-19(14-16)22(27-21-7-6-17(2)15-20(21)24)23(28)26-13-10-18-8-11-25-12-9-18/h3-9,11-12,14-15,22,27H,10,13H2,1-2H3,(H,26,28). The number of rotatable bonds is 7. The van der Waals surface area contributed by atoms with Crippen molar-refractivity contribution in [1.29, 1.82) is 0 Å². The molecule has 3 rings (SSSR count). The molecule has 1 aromatic heterocycles. The van der Waals surface area contributed by atoms with E-state index < -0.39 is 6.04 Å². The average molecular weight is 394 g/mol. The van der Waals surface area contributed by atoms with E-state index in [-0.39, 0.29) is 5.91 Å². The lowest BCUT2D eigenvalue weighted by molar-refractivity contribution is -0.121. The van der Waals surface area contributed by atoms with E-state index in [2.05, 4.69) is 15.6 Å². The fourth-order valence-corrected chi connectivity index (χ4v) is 3.31. The molecule has 0 radical (unpaired) electrons. The van der Waals surface area contributed by atoms with Crippen molar-refractivity contribution in [2.24, 2.45) is 0 Å². The Kier molecular flexibility index (Phi) is 6.66. The van der Waals surface area contributed by atoms with Crippen molar-refractivity contribution in [3.05, 3.63) is 94.3 Å². The van der Waals surface area contributed by atoms with E-state index in [1.54, 1.807) is 12.4 Å². The van der Waals surface area contributed by atoms with Gasteiger partial charge >= 0.3 is 0 Å². The first kappa shape index (κ1) is 19.9. The number of nitrogens with one attached hydrogen (secondary N) is 2. The Morgan fingerprint density at radius 1 is 1.04 bits per heavy atom. The molecule has 0 spiro atoms. The van der Waals surface area contributed by atoms with E-state index in [0.717, 1.165) is 34.4 Å². The summed E-state index contributed by atoms with van der Waals surface area (Å²) in [6.45, 7) is 4.55. The van der Waals surface area contributed by atoms with Crippen LogP contribution in [-0.2, 0) is 11.2 Å². The van der Waals surface area contributed by atoms with Crippen molar-refractivity contribution in [2.75, 3.05) is 11.9 Å². The lowest BCUT2D eigenvalue weighted by Crippen LogP contribution is -2.34. The Morgan fingerprint density at radius 3 is 2.50 bits per heavy atom. The molecule has 0 saturated carbocycles. The van der Waals surface area contributed by atoms with Gasteiger partial charge in [0, 0.05) is 18.9 Å². The fraction of sp³-hybridized carbons (Fsp3) is 0.217. The minimum atomic E-state index is -0.530. The number of pyridine rings is 1. The van der Waals surface area contributed by atoms with Crippen LogP contribution in [0.1, 0.15) is 28.3 Å². The minimum Gasteiger partial charge on any atom is -0.369 e. The fourth-order valence-electron chi connectivity index (χ4n) is 3.02. The van der Waals surface area contributed by atoms with E-state index in [0.29, 0.717) is 11.6 Å². The molecule has 2 aromatic carbocycles. The normalized spacial score (nSPS) is 11.7. The molecule has 3 aromatic rings. The second kappa shape index (κ2) is 9.38. The third-order valence-corrected chi connectivity index (χ3v) is 4.84. The molecule has 4 nitrogen and oxygen atoms in total. The molecule has 1 heterocycles. The molecule has 0 fully saturated rings. The van der Waals surface area contributed by atoms with Gasteiger partial charge in [-0.15, -0.1) is 0 Å². The molecule has 0 saturated heterocycles. The first-order valence-electron chi connectivity index (χ1n) is 9.29. The lowest BCUT2D eigenvalue weighted by atomic mass is 10.0. The van der Waals surface area contributed by atoms with Gasteiger partial charge in [0.2, 0.25) is 5.91 Å². The highest BCUT2D eigenvalue weighted by Gasteiger charge is 2.21. The molecular formula is C23H24ClN3O. The van der Waals surface area contributed by atoms with Gasteiger partial charge in [-0.3, -0.25) is 9.78 Å². The highest BCUT2D eigenvalue weighted by Crippen LogP contribution is 2.28. The molecule has 0 aliphatic heterocycles. The van der Waals surface area contributed by atoms with E-state index in [4.69, 9.17) is 11.6 Å². The SMILES string of the molecule is Cc1cccc(C(Nc2ccc(C)cc2Cl)C(=O)NCCc2ccncc2)c1. The highest BCUT2D eigenvalue weighted by atomic mass is 35.5. The van der Waals surface area contributed by atoms with Crippen molar-refractivity contribution >= 4 is 23.2 Å². The Labute approximate surface area is 171 Å². The Hall–Kier alpha value is -2.85. The van der Waals surface area contributed by atoms with Crippen molar-refractivity contribution in [3.63, 3.8) is 0 Å². The number of carbonyl (C=O) groups excluding carboxylic acids is 1. The van der Waals surface area contributed by atoms with Crippen LogP contribution in [0.25, 0.3) is 0 Å². The Bertz CT molecular complexity index is 944. The smallest absolute Gasteiger partial charge is 0.247 e. The third-order valence-electron chi connectivity index (χ3n) is 4.52. The van der Waals surface area contributed by atoms with Crippen LogP contribution in [0.15, 0.2) is 67.0 Å². The summed E-state index contributed by atoms with van der Waals surface area (Å²) in [5.41, 5.74) is 4.95. The maximum atomic E-state index is 13.0. The molecule has 1 unspecified atom stereocenters. The summed E-state index contributed by atoms with van der Waals surface area (Å²) < 4.78 is 0. The van der Waals surface area contributed by atoms with Gasteiger partial charge in [0.1, 0.15) is 6.04 Å². The molecule has 5 heteroatoms.